The first kappa shape index (κ1) is 12.0. The maximum Gasteiger partial charge on any atom is 0.106 e. The lowest BCUT2D eigenvalue weighted by atomic mass is 9.95. The van der Waals surface area contributed by atoms with Crippen LogP contribution in [0, 0.1) is 0 Å². The number of nitrogens with one attached hydrogen (secondary N) is 1. The molecule has 1 aliphatic rings. The van der Waals surface area contributed by atoms with Crippen molar-refractivity contribution in [1.29, 1.82) is 0 Å². The molecule has 1 saturated heterocycles. The second kappa shape index (κ2) is 5.25. The number of hydrogen-bond donors (Lipinski definition) is 1. The van der Waals surface area contributed by atoms with Gasteiger partial charge in [0.25, 0.3) is 0 Å². The smallest absolute Gasteiger partial charge is 0.106 e. The van der Waals surface area contributed by atoms with Crippen LogP contribution in [-0.4, -0.2) is 23.7 Å². The summed E-state index contributed by atoms with van der Waals surface area (Å²) in [5.74, 6) is 0. The Balaban J connectivity index is 1.91. The molecular formula is C12H17BrN2O. The van der Waals surface area contributed by atoms with Crippen LogP contribution in [0.4, 0.5) is 0 Å². The van der Waals surface area contributed by atoms with Crippen LogP contribution >= 0.6 is 15.9 Å². The van der Waals surface area contributed by atoms with Crippen LogP contribution in [0.15, 0.2) is 22.8 Å². The summed E-state index contributed by atoms with van der Waals surface area (Å²) in [5, 5.41) is 3.53. The average molecular weight is 285 g/mol. The molecule has 2 heterocycles. The number of aromatic nitrogens is 1. The molecule has 0 spiro atoms. The maximum atomic E-state index is 5.51. The normalized spacial score (nSPS) is 25.6. The number of rotatable bonds is 3. The second-order valence-corrected chi connectivity index (χ2v) is 5.33. The minimum absolute atomic E-state index is 0.0995. The number of nitrogens with zero attached hydrogens (tertiary/aromatic N) is 1. The Kier molecular flexibility index (Phi) is 3.95. The van der Waals surface area contributed by atoms with Gasteiger partial charge in [-0.2, -0.15) is 0 Å². The van der Waals surface area contributed by atoms with Gasteiger partial charge in [-0.3, -0.25) is 0 Å². The minimum Gasteiger partial charge on any atom is -0.380 e. The standard InChI is InChI=1S/C12H17BrN2O/c1-12(6-3-7-16-9-12)14-8-10-4-2-5-11(13)15-10/h2,4-5,14H,3,6-9H2,1H3. The average Bonchev–Trinajstić information content (AvgIpc) is 2.28. The van der Waals surface area contributed by atoms with Crippen molar-refractivity contribution >= 4 is 15.9 Å². The van der Waals surface area contributed by atoms with Crippen molar-refractivity contribution in [3.8, 4) is 0 Å². The molecule has 1 aromatic rings. The first-order valence-electron chi connectivity index (χ1n) is 5.62. The zero-order valence-corrected chi connectivity index (χ0v) is 11.1. The van der Waals surface area contributed by atoms with E-state index in [-0.39, 0.29) is 5.54 Å². The third-order valence-corrected chi connectivity index (χ3v) is 3.35. The van der Waals surface area contributed by atoms with Crippen LogP contribution in [0.5, 0.6) is 0 Å². The van der Waals surface area contributed by atoms with Gasteiger partial charge in [0.2, 0.25) is 0 Å². The Morgan fingerprint density at radius 2 is 2.44 bits per heavy atom. The highest BCUT2D eigenvalue weighted by Crippen LogP contribution is 2.18. The summed E-state index contributed by atoms with van der Waals surface area (Å²) in [4.78, 5) is 4.40. The van der Waals surface area contributed by atoms with Gasteiger partial charge in [0, 0.05) is 18.7 Å². The largest absolute Gasteiger partial charge is 0.380 e. The van der Waals surface area contributed by atoms with Crippen LogP contribution in [-0.2, 0) is 11.3 Å². The zero-order chi connectivity index (χ0) is 11.4. The van der Waals surface area contributed by atoms with Gasteiger partial charge in [0.15, 0.2) is 0 Å². The Morgan fingerprint density at radius 3 is 3.12 bits per heavy atom. The Morgan fingerprint density at radius 1 is 1.56 bits per heavy atom. The molecule has 0 aromatic carbocycles. The minimum atomic E-state index is 0.0995. The SMILES string of the molecule is CC1(NCc2cccc(Br)n2)CCCOC1. The molecule has 1 N–H and O–H groups in total. The van der Waals surface area contributed by atoms with E-state index in [1.807, 2.05) is 18.2 Å². The van der Waals surface area contributed by atoms with Gasteiger partial charge in [0.05, 0.1) is 12.3 Å². The lowest BCUT2D eigenvalue weighted by Gasteiger charge is -2.34. The maximum absolute atomic E-state index is 5.51. The van der Waals surface area contributed by atoms with Gasteiger partial charge >= 0.3 is 0 Å². The molecule has 1 atom stereocenters. The lowest BCUT2D eigenvalue weighted by molar-refractivity contribution is 0.0276. The lowest BCUT2D eigenvalue weighted by Crippen LogP contribution is -2.48. The van der Waals surface area contributed by atoms with E-state index in [1.165, 1.54) is 6.42 Å². The molecule has 1 fully saturated rings. The van der Waals surface area contributed by atoms with Crippen LogP contribution in [0.1, 0.15) is 25.5 Å². The van der Waals surface area contributed by atoms with Gasteiger partial charge < -0.3 is 10.1 Å². The molecule has 0 aliphatic carbocycles. The number of pyridine rings is 1. The van der Waals surface area contributed by atoms with Crippen molar-refractivity contribution in [2.75, 3.05) is 13.2 Å². The number of ether oxygens (including phenoxy) is 1. The Labute approximate surface area is 105 Å². The van der Waals surface area contributed by atoms with E-state index in [2.05, 4.69) is 33.2 Å². The first-order valence-corrected chi connectivity index (χ1v) is 6.41. The monoisotopic (exact) mass is 284 g/mol. The first-order chi connectivity index (χ1) is 7.68. The predicted molar refractivity (Wildman–Crippen MR) is 67.2 cm³/mol. The number of hydrogen-bond acceptors (Lipinski definition) is 3. The van der Waals surface area contributed by atoms with Crippen LogP contribution in [0.3, 0.4) is 0 Å². The molecule has 16 heavy (non-hydrogen) atoms. The Bertz CT molecular complexity index is 351. The molecule has 1 aliphatic heterocycles. The van der Waals surface area contributed by atoms with Gasteiger partial charge in [-0.15, -0.1) is 0 Å². The highest BCUT2D eigenvalue weighted by atomic mass is 79.9. The quantitative estimate of drug-likeness (QED) is 0.866. The highest BCUT2D eigenvalue weighted by molar-refractivity contribution is 9.10. The van der Waals surface area contributed by atoms with E-state index in [0.717, 1.165) is 36.5 Å². The van der Waals surface area contributed by atoms with Gasteiger partial charge in [0.1, 0.15) is 4.60 Å². The van der Waals surface area contributed by atoms with E-state index in [0.29, 0.717) is 0 Å². The molecule has 88 valence electrons. The van der Waals surface area contributed by atoms with Crippen LogP contribution < -0.4 is 5.32 Å². The molecule has 2 rings (SSSR count). The summed E-state index contributed by atoms with van der Waals surface area (Å²) in [6.45, 7) is 4.69. The second-order valence-electron chi connectivity index (χ2n) is 4.52. The summed E-state index contributed by atoms with van der Waals surface area (Å²) in [6.07, 6.45) is 2.30. The fourth-order valence-corrected chi connectivity index (χ4v) is 2.31. The predicted octanol–water partition coefficient (Wildman–Crippen LogP) is 2.50. The van der Waals surface area contributed by atoms with Gasteiger partial charge in [-0.25, -0.2) is 4.98 Å². The fourth-order valence-electron chi connectivity index (χ4n) is 1.93. The summed E-state index contributed by atoms with van der Waals surface area (Å²) in [6, 6.07) is 5.98. The highest BCUT2D eigenvalue weighted by Gasteiger charge is 2.26. The molecular weight excluding hydrogens is 268 g/mol. The third-order valence-electron chi connectivity index (χ3n) is 2.91. The molecule has 1 aromatic heterocycles. The molecule has 0 saturated carbocycles. The van der Waals surface area contributed by atoms with Crippen LogP contribution in [0.25, 0.3) is 0 Å². The molecule has 0 amide bonds. The van der Waals surface area contributed by atoms with Crippen molar-refractivity contribution in [3.63, 3.8) is 0 Å². The molecule has 0 bridgehead atoms. The van der Waals surface area contributed by atoms with Crippen molar-refractivity contribution in [1.82, 2.24) is 10.3 Å². The number of halogens is 1. The van der Waals surface area contributed by atoms with E-state index in [4.69, 9.17) is 4.74 Å². The van der Waals surface area contributed by atoms with E-state index >= 15 is 0 Å². The van der Waals surface area contributed by atoms with Crippen molar-refractivity contribution in [2.45, 2.75) is 31.8 Å². The van der Waals surface area contributed by atoms with Gasteiger partial charge in [-0.1, -0.05) is 6.07 Å². The van der Waals surface area contributed by atoms with Gasteiger partial charge in [-0.05, 0) is 47.8 Å². The summed E-state index contributed by atoms with van der Waals surface area (Å²) < 4.78 is 6.39. The van der Waals surface area contributed by atoms with Crippen molar-refractivity contribution < 1.29 is 4.74 Å². The topological polar surface area (TPSA) is 34.2 Å². The molecule has 1 unspecified atom stereocenters. The molecule has 4 heteroatoms. The zero-order valence-electron chi connectivity index (χ0n) is 9.50. The third kappa shape index (κ3) is 3.27. The molecule has 0 radical (unpaired) electrons. The summed E-state index contributed by atoms with van der Waals surface area (Å²) in [5.41, 5.74) is 1.16. The van der Waals surface area contributed by atoms with E-state index < -0.39 is 0 Å². The fraction of sp³-hybridized carbons (Fsp3) is 0.583. The van der Waals surface area contributed by atoms with E-state index in [1.54, 1.807) is 0 Å². The van der Waals surface area contributed by atoms with E-state index in [9.17, 15) is 0 Å². The van der Waals surface area contributed by atoms with Crippen LogP contribution in [0.2, 0.25) is 0 Å². The molecule has 3 nitrogen and oxygen atoms in total. The summed E-state index contributed by atoms with van der Waals surface area (Å²) in [7, 11) is 0. The summed E-state index contributed by atoms with van der Waals surface area (Å²) >= 11 is 3.38. The Hall–Kier alpha value is -0.450. The van der Waals surface area contributed by atoms with Crippen molar-refractivity contribution in [3.05, 3.63) is 28.5 Å². The van der Waals surface area contributed by atoms with Crippen molar-refractivity contribution in [2.24, 2.45) is 0 Å².